The van der Waals surface area contributed by atoms with E-state index in [1.54, 1.807) is 24.3 Å². The number of carbonyl (C=O) groups excluding carboxylic acids is 1. The summed E-state index contributed by atoms with van der Waals surface area (Å²) in [5.41, 5.74) is -0.0443. The van der Waals surface area contributed by atoms with E-state index in [-0.39, 0.29) is 29.6 Å². The van der Waals surface area contributed by atoms with E-state index in [4.69, 9.17) is 9.15 Å². The summed E-state index contributed by atoms with van der Waals surface area (Å²) in [5, 5.41) is 10.2. The molecule has 0 aliphatic carbocycles. The van der Waals surface area contributed by atoms with Gasteiger partial charge >= 0.3 is 11.7 Å². The molecule has 0 bridgehead atoms. The Labute approximate surface area is 174 Å². The van der Waals surface area contributed by atoms with Crippen LogP contribution in [-0.2, 0) is 25.4 Å². The molecule has 0 saturated carbocycles. The number of carbonyl (C=O) groups is 1. The third-order valence-electron chi connectivity index (χ3n) is 4.61. The summed E-state index contributed by atoms with van der Waals surface area (Å²) in [4.78, 5) is 41.0. The summed E-state index contributed by atoms with van der Waals surface area (Å²) in [6.07, 6.45) is 1.32. The van der Waals surface area contributed by atoms with Gasteiger partial charge in [-0.05, 0) is 31.2 Å². The van der Waals surface area contributed by atoms with Crippen molar-refractivity contribution in [3.8, 4) is 17.2 Å². The molecule has 1 N–H and O–H groups in total. The van der Waals surface area contributed by atoms with Crippen molar-refractivity contribution in [2.45, 2.75) is 13.5 Å². The number of nitrogens with one attached hydrogen (secondary N) is 1. The number of aromatic nitrogens is 6. The van der Waals surface area contributed by atoms with Crippen LogP contribution in [0.5, 0.6) is 5.75 Å². The molecule has 0 aliphatic heterocycles. The van der Waals surface area contributed by atoms with E-state index in [0.717, 1.165) is 10.3 Å². The summed E-state index contributed by atoms with van der Waals surface area (Å²) >= 11 is 0. The molecule has 12 heteroatoms. The SMILES string of the molecule is CCOc1ccc(-c2nnc(NC(=O)Cn3cnc4c3c(=O)n(C)c(=O)n4C)o2)cc1. The molecule has 31 heavy (non-hydrogen) atoms. The number of ether oxygens (including phenoxy) is 1. The molecule has 4 rings (SSSR count). The molecule has 0 spiro atoms. The monoisotopic (exact) mass is 425 g/mol. The Balaban J connectivity index is 1.51. The Bertz CT molecular complexity index is 1380. The fourth-order valence-corrected chi connectivity index (χ4v) is 3.08. The standard InChI is InChI=1S/C19H19N7O5/c1-4-30-12-7-5-11(6-8-12)16-22-23-18(31-16)21-13(27)9-26-10-20-15-14(26)17(28)25(3)19(29)24(15)2/h5-8,10H,4,9H2,1-3H3,(H,21,23,27). The topological polar surface area (TPSA) is 139 Å². The Morgan fingerprint density at radius 3 is 2.58 bits per heavy atom. The van der Waals surface area contributed by atoms with Crippen LogP contribution in [0.15, 0.2) is 44.6 Å². The van der Waals surface area contributed by atoms with E-state index < -0.39 is 17.2 Å². The first-order valence-electron chi connectivity index (χ1n) is 9.36. The van der Waals surface area contributed by atoms with Crippen LogP contribution in [0, 0.1) is 0 Å². The van der Waals surface area contributed by atoms with Crippen molar-refractivity contribution in [2.24, 2.45) is 14.1 Å². The second-order valence-corrected chi connectivity index (χ2v) is 6.67. The highest BCUT2D eigenvalue weighted by atomic mass is 16.5. The first-order valence-corrected chi connectivity index (χ1v) is 9.36. The van der Waals surface area contributed by atoms with E-state index in [9.17, 15) is 14.4 Å². The smallest absolute Gasteiger partial charge is 0.332 e. The van der Waals surface area contributed by atoms with Crippen molar-refractivity contribution >= 4 is 23.1 Å². The number of amides is 1. The lowest BCUT2D eigenvalue weighted by molar-refractivity contribution is -0.116. The predicted molar refractivity (Wildman–Crippen MR) is 110 cm³/mol. The highest BCUT2D eigenvalue weighted by Crippen LogP contribution is 2.22. The zero-order valence-electron chi connectivity index (χ0n) is 17.0. The number of hydrogen-bond donors (Lipinski definition) is 1. The normalized spacial score (nSPS) is 11.1. The van der Waals surface area contributed by atoms with Crippen molar-refractivity contribution in [3.63, 3.8) is 0 Å². The third kappa shape index (κ3) is 3.70. The van der Waals surface area contributed by atoms with Gasteiger partial charge in [0.15, 0.2) is 11.2 Å². The fourth-order valence-electron chi connectivity index (χ4n) is 3.08. The number of anilines is 1. The van der Waals surface area contributed by atoms with E-state index in [2.05, 4.69) is 20.5 Å². The number of hydrogen-bond acceptors (Lipinski definition) is 8. The molecule has 0 fully saturated rings. The van der Waals surface area contributed by atoms with Gasteiger partial charge in [0.25, 0.3) is 5.56 Å². The maximum Gasteiger partial charge on any atom is 0.332 e. The van der Waals surface area contributed by atoms with Crippen LogP contribution in [0.1, 0.15) is 6.92 Å². The van der Waals surface area contributed by atoms with Crippen LogP contribution in [0.4, 0.5) is 6.01 Å². The van der Waals surface area contributed by atoms with Crippen molar-refractivity contribution in [2.75, 3.05) is 11.9 Å². The van der Waals surface area contributed by atoms with Gasteiger partial charge in [-0.1, -0.05) is 5.10 Å². The van der Waals surface area contributed by atoms with Crippen LogP contribution < -0.4 is 21.3 Å². The van der Waals surface area contributed by atoms with Crippen molar-refractivity contribution in [1.29, 1.82) is 0 Å². The van der Waals surface area contributed by atoms with Gasteiger partial charge in [-0.3, -0.25) is 24.0 Å². The molecule has 4 aromatic rings. The lowest BCUT2D eigenvalue weighted by Crippen LogP contribution is -2.37. The zero-order valence-corrected chi connectivity index (χ0v) is 17.0. The number of aryl methyl sites for hydroxylation is 1. The Morgan fingerprint density at radius 2 is 1.87 bits per heavy atom. The molecule has 0 radical (unpaired) electrons. The largest absolute Gasteiger partial charge is 0.494 e. The molecule has 0 unspecified atom stereocenters. The van der Waals surface area contributed by atoms with Crippen LogP contribution in [0.25, 0.3) is 22.6 Å². The molecule has 0 aliphatic rings. The number of rotatable bonds is 6. The van der Waals surface area contributed by atoms with Gasteiger partial charge in [-0.2, -0.15) is 0 Å². The average Bonchev–Trinajstić information content (AvgIpc) is 3.39. The molecule has 3 heterocycles. The van der Waals surface area contributed by atoms with Crippen LogP contribution in [-0.4, -0.2) is 41.4 Å². The molecule has 12 nitrogen and oxygen atoms in total. The first-order chi connectivity index (χ1) is 14.9. The maximum atomic E-state index is 12.5. The summed E-state index contributed by atoms with van der Waals surface area (Å²) in [7, 11) is 2.87. The second kappa shape index (κ2) is 7.89. The molecular weight excluding hydrogens is 406 g/mol. The highest BCUT2D eigenvalue weighted by molar-refractivity contribution is 5.89. The van der Waals surface area contributed by atoms with Gasteiger partial charge in [0, 0.05) is 19.7 Å². The number of benzene rings is 1. The first kappa shape index (κ1) is 20.1. The lowest BCUT2D eigenvalue weighted by atomic mass is 10.2. The maximum absolute atomic E-state index is 12.5. The predicted octanol–water partition coefficient (Wildman–Crippen LogP) is 0.521. The van der Waals surface area contributed by atoms with E-state index >= 15 is 0 Å². The molecule has 0 atom stereocenters. The fraction of sp³-hybridized carbons (Fsp3) is 0.263. The van der Waals surface area contributed by atoms with Crippen LogP contribution in [0.2, 0.25) is 0 Å². The second-order valence-electron chi connectivity index (χ2n) is 6.67. The quantitative estimate of drug-likeness (QED) is 0.472. The molecule has 160 valence electrons. The Morgan fingerprint density at radius 1 is 1.13 bits per heavy atom. The zero-order chi connectivity index (χ0) is 22.1. The van der Waals surface area contributed by atoms with Gasteiger partial charge in [-0.25, -0.2) is 9.78 Å². The summed E-state index contributed by atoms with van der Waals surface area (Å²) in [6, 6.07) is 7.00. The van der Waals surface area contributed by atoms with Gasteiger partial charge < -0.3 is 13.7 Å². The van der Waals surface area contributed by atoms with Crippen molar-refractivity contribution in [1.82, 2.24) is 28.9 Å². The Hall–Kier alpha value is -4.22. The third-order valence-corrected chi connectivity index (χ3v) is 4.61. The number of imidazole rings is 1. The van der Waals surface area contributed by atoms with Crippen LogP contribution >= 0.6 is 0 Å². The van der Waals surface area contributed by atoms with E-state index in [1.165, 1.54) is 29.6 Å². The minimum absolute atomic E-state index is 0.0846. The van der Waals surface area contributed by atoms with Gasteiger partial charge in [-0.15, -0.1) is 5.10 Å². The van der Waals surface area contributed by atoms with E-state index in [0.29, 0.717) is 12.2 Å². The average molecular weight is 425 g/mol. The Kier molecular flexibility index (Phi) is 5.11. The highest BCUT2D eigenvalue weighted by Gasteiger charge is 2.17. The minimum Gasteiger partial charge on any atom is -0.494 e. The molecule has 3 aromatic heterocycles. The van der Waals surface area contributed by atoms with Crippen LogP contribution in [0.3, 0.4) is 0 Å². The number of nitrogens with zero attached hydrogens (tertiary/aromatic N) is 6. The van der Waals surface area contributed by atoms with Crippen molar-refractivity contribution < 1.29 is 13.9 Å². The van der Waals surface area contributed by atoms with Gasteiger partial charge in [0.05, 0.1) is 12.9 Å². The molecular formula is C19H19N7O5. The number of fused-ring (bicyclic) bond motifs is 1. The summed E-state index contributed by atoms with van der Waals surface area (Å²) in [6.45, 7) is 2.22. The molecule has 1 aromatic carbocycles. The minimum atomic E-state index is -0.543. The van der Waals surface area contributed by atoms with Gasteiger partial charge in [0.2, 0.25) is 11.8 Å². The van der Waals surface area contributed by atoms with E-state index in [1.807, 2.05) is 6.92 Å². The lowest BCUT2D eigenvalue weighted by Gasteiger charge is -2.06. The molecule has 1 amide bonds. The van der Waals surface area contributed by atoms with Crippen molar-refractivity contribution in [3.05, 3.63) is 51.4 Å². The summed E-state index contributed by atoms with van der Waals surface area (Å²) < 4.78 is 14.4. The molecule has 0 saturated heterocycles. The summed E-state index contributed by atoms with van der Waals surface area (Å²) in [5.74, 6) is 0.447. The van der Waals surface area contributed by atoms with Gasteiger partial charge in [0.1, 0.15) is 12.3 Å².